The van der Waals surface area contributed by atoms with Crippen molar-refractivity contribution in [3.8, 4) is 0 Å². The van der Waals surface area contributed by atoms with Gasteiger partial charge in [0.25, 0.3) is 10.1 Å². The van der Waals surface area contributed by atoms with E-state index in [4.69, 9.17) is 23.1 Å². The summed E-state index contributed by atoms with van der Waals surface area (Å²) in [6.45, 7) is 5.67. The molecule has 0 aliphatic carbocycles. The van der Waals surface area contributed by atoms with Gasteiger partial charge in [0, 0.05) is 0 Å². The van der Waals surface area contributed by atoms with Gasteiger partial charge in [0.1, 0.15) is 24.4 Å². The van der Waals surface area contributed by atoms with Crippen molar-refractivity contribution < 1.29 is 31.5 Å². The molecule has 3 saturated heterocycles. The van der Waals surface area contributed by atoms with E-state index in [1.807, 2.05) is 6.92 Å². The standard InChI is InChI=1S/C16H20O7S/c1-9-4-6-10(7-5-9)24(17,18)23-12-11-8-19-15(20-11)14-13(12)21-16(2,3)22-14/h4-7,11-15H,8H2,1-3H3. The van der Waals surface area contributed by atoms with Crippen LogP contribution in [0.4, 0.5) is 0 Å². The summed E-state index contributed by atoms with van der Waals surface area (Å²) in [5, 5.41) is 0. The monoisotopic (exact) mass is 356 g/mol. The smallest absolute Gasteiger partial charge is 0.297 e. The zero-order chi connectivity index (χ0) is 17.1. The highest BCUT2D eigenvalue weighted by molar-refractivity contribution is 7.86. The number of hydrogen-bond donors (Lipinski definition) is 0. The summed E-state index contributed by atoms with van der Waals surface area (Å²) in [7, 11) is -3.95. The van der Waals surface area contributed by atoms with Gasteiger partial charge >= 0.3 is 0 Å². The lowest BCUT2D eigenvalue weighted by molar-refractivity contribution is -0.195. The first kappa shape index (κ1) is 16.4. The predicted molar refractivity (Wildman–Crippen MR) is 81.7 cm³/mol. The molecule has 5 unspecified atom stereocenters. The fraction of sp³-hybridized carbons (Fsp3) is 0.625. The Morgan fingerprint density at radius 1 is 1.12 bits per heavy atom. The SMILES string of the molecule is Cc1ccc(S(=O)(=O)OC2C3COC(O3)C3OC(C)(C)OC23)cc1. The zero-order valence-electron chi connectivity index (χ0n) is 13.7. The van der Waals surface area contributed by atoms with E-state index in [0.29, 0.717) is 0 Å². The molecule has 132 valence electrons. The average molecular weight is 356 g/mol. The summed E-state index contributed by atoms with van der Waals surface area (Å²) < 4.78 is 53.7. The molecular formula is C16H20O7S. The molecular weight excluding hydrogens is 336 g/mol. The molecule has 3 fully saturated rings. The van der Waals surface area contributed by atoms with Gasteiger partial charge in [-0.25, -0.2) is 0 Å². The van der Waals surface area contributed by atoms with Crippen LogP contribution in [0.5, 0.6) is 0 Å². The highest BCUT2D eigenvalue weighted by atomic mass is 32.2. The van der Waals surface area contributed by atoms with Crippen LogP contribution in [0.1, 0.15) is 19.4 Å². The van der Waals surface area contributed by atoms with Gasteiger partial charge in [0.2, 0.25) is 0 Å². The normalized spacial score (nSPS) is 37.4. The second kappa shape index (κ2) is 5.48. The van der Waals surface area contributed by atoms with E-state index >= 15 is 0 Å². The highest BCUT2D eigenvalue weighted by Gasteiger charge is 2.60. The van der Waals surface area contributed by atoms with Gasteiger partial charge in [-0.15, -0.1) is 0 Å². The van der Waals surface area contributed by atoms with E-state index in [1.165, 1.54) is 12.1 Å². The minimum Gasteiger partial charge on any atom is -0.347 e. The third-order valence-electron chi connectivity index (χ3n) is 4.40. The third kappa shape index (κ3) is 2.77. The van der Waals surface area contributed by atoms with E-state index in [2.05, 4.69) is 0 Å². The summed E-state index contributed by atoms with van der Waals surface area (Å²) in [6.07, 6.45) is -2.96. The molecule has 8 heteroatoms. The molecule has 0 amide bonds. The van der Waals surface area contributed by atoms with Gasteiger partial charge in [-0.1, -0.05) is 17.7 Å². The topological polar surface area (TPSA) is 80.3 Å². The van der Waals surface area contributed by atoms with Crippen molar-refractivity contribution >= 4 is 10.1 Å². The van der Waals surface area contributed by atoms with E-state index in [-0.39, 0.29) is 11.5 Å². The Hall–Kier alpha value is -1.03. The van der Waals surface area contributed by atoms with Crippen LogP contribution < -0.4 is 0 Å². The van der Waals surface area contributed by atoms with Crippen LogP contribution in [-0.2, 0) is 33.2 Å². The Morgan fingerprint density at radius 2 is 1.79 bits per heavy atom. The summed E-state index contributed by atoms with van der Waals surface area (Å²) >= 11 is 0. The molecule has 7 nitrogen and oxygen atoms in total. The minimum atomic E-state index is -3.95. The third-order valence-corrected chi connectivity index (χ3v) is 5.73. The Kier molecular flexibility index (Phi) is 3.76. The van der Waals surface area contributed by atoms with Crippen molar-refractivity contribution in [3.63, 3.8) is 0 Å². The van der Waals surface area contributed by atoms with Gasteiger partial charge in [0.05, 0.1) is 11.5 Å². The van der Waals surface area contributed by atoms with Crippen molar-refractivity contribution in [1.29, 1.82) is 0 Å². The van der Waals surface area contributed by atoms with Gasteiger partial charge < -0.3 is 18.9 Å². The maximum Gasteiger partial charge on any atom is 0.297 e. The summed E-state index contributed by atoms with van der Waals surface area (Å²) in [4.78, 5) is 0.101. The first-order chi connectivity index (χ1) is 11.3. The molecule has 0 radical (unpaired) electrons. The molecule has 4 rings (SSSR count). The minimum absolute atomic E-state index is 0.101. The van der Waals surface area contributed by atoms with Crippen LogP contribution in [0.2, 0.25) is 0 Å². The fourth-order valence-corrected chi connectivity index (χ4v) is 4.41. The number of hydrogen-bond acceptors (Lipinski definition) is 7. The van der Waals surface area contributed by atoms with E-state index in [0.717, 1.165) is 5.56 Å². The molecule has 3 aliphatic heterocycles. The van der Waals surface area contributed by atoms with Gasteiger partial charge in [-0.2, -0.15) is 8.42 Å². The van der Waals surface area contributed by atoms with Gasteiger partial charge in [-0.3, -0.25) is 4.18 Å². The molecule has 5 atom stereocenters. The molecule has 24 heavy (non-hydrogen) atoms. The molecule has 3 heterocycles. The molecule has 0 saturated carbocycles. The molecule has 0 aromatic heterocycles. The van der Waals surface area contributed by atoms with Gasteiger partial charge in [0.15, 0.2) is 12.1 Å². The second-order valence-corrected chi connectivity index (χ2v) is 8.34. The molecule has 2 bridgehead atoms. The number of benzene rings is 1. The van der Waals surface area contributed by atoms with Crippen LogP contribution in [0, 0.1) is 6.92 Å². The Labute approximate surface area is 140 Å². The van der Waals surface area contributed by atoms with Crippen molar-refractivity contribution in [2.24, 2.45) is 0 Å². The zero-order valence-corrected chi connectivity index (χ0v) is 14.5. The van der Waals surface area contributed by atoms with Crippen LogP contribution in [0.25, 0.3) is 0 Å². The van der Waals surface area contributed by atoms with Gasteiger partial charge in [-0.05, 0) is 32.9 Å². The Balaban J connectivity index is 1.62. The fourth-order valence-electron chi connectivity index (χ4n) is 3.30. The Morgan fingerprint density at radius 3 is 2.50 bits per heavy atom. The number of fused-ring (bicyclic) bond motifs is 4. The average Bonchev–Trinajstić information content (AvgIpc) is 3.07. The summed E-state index contributed by atoms with van der Waals surface area (Å²) in [6, 6.07) is 6.50. The van der Waals surface area contributed by atoms with E-state index in [9.17, 15) is 8.42 Å². The summed E-state index contributed by atoms with van der Waals surface area (Å²) in [5.74, 6) is -0.845. The molecule has 0 spiro atoms. The summed E-state index contributed by atoms with van der Waals surface area (Å²) in [5.41, 5.74) is 0.969. The highest BCUT2D eigenvalue weighted by Crippen LogP contribution is 2.42. The van der Waals surface area contributed by atoms with Crippen molar-refractivity contribution in [3.05, 3.63) is 29.8 Å². The second-order valence-electron chi connectivity index (χ2n) is 6.77. The van der Waals surface area contributed by atoms with Crippen LogP contribution in [0.3, 0.4) is 0 Å². The van der Waals surface area contributed by atoms with Crippen LogP contribution in [0.15, 0.2) is 29.2 Å². The quantitative estimate of drug-likeness (QED) is 0.756. The van der Waals surface area contributed by atoms with E-state index in [1.54, 1.807) is 26.0 Å². The molecule has 3 aliphatic rings. The number of aryl methyl sites for hydroxylation is 1. The maximum atomic E-state index is 12.6. The molecule has 1 aromatic rings. The predicted octanol–water partition coefficient (Wildman–Crippen LogP) is 1.34. The lowest BCUT2D eigenvalue weighted by Crippen LogP contribution is -2.54. The molecule has 0 N–H and O–H groups in total. The lowest BCUT2D eigenvalue weighted by Gasteiger charge is -2.34. The number of rotatable bonds is 3. The van der Waals surface area contributed by atoms with Crippen molar-refractivity contribution in [2.75, 3.05) is 6.61 Å². The van der Waals surface area contributed by atoms with Crippen LogP contribution >= 0.6 is 0 Å². The Bertz CT molecular complexity index is 727. The first-order valence-corrected chi connectivity index (χ1v) is 9.29. The largest absolute Gasteiger partial charge is 0.347 e. The maximum absolute atomic E-state index is 12.6. The molecule has 1 aromatic carbocycles. The number of ether oxygens (including phenoxy) is 4. The van der Waals surface area contributed by atoms with Crippen LogP contribution in [-0.4, -0.2) is 51.5 Å². The van der Waals surface area contributed by atoms with Crippen molar-refractivity contribution in [1.82, 2.24) is 0 Å². The van der Waals surface area contributed by atoms with E-state index < -0.39 is 46.6 Å². The first-order valence-electron chi connectivity index (χ1n) is 7.88. The lowest BCUT2D eigenvalue weighted by atomic mass is 10.0. The van der Waals surface area contributed by atoms with Crippen molar-refractivity contribution in [2.45, 2.75) is 62.2 Å².